The van der Waals surface area contributed by atoms with Gasteiger partial charge in [0, 0.05) is 11.3 Å². The van der Waals surface area contributed by atoms with Crippen molar-refractivity contribution in [3.63, 3.8) is 0 Å². The number of carbonyl (C=O) groups excluding carboxylic acids is 1. The zero-order valence-electron chi connectivity index (χ0n) is 9.73. The number of urea groups is 1. The van der Waals surface area contributed by atoms with Gasteiger partial charge in [-0.3, -0.25) is 0 Å². The van der Waals surface area contributed by atoms with Crippen LogP contribution in [0, 0.1) is 0 Å². The van der Waals surface area contributed by atoms with Gasteiger partial charge >= 0.3 is 12.0 Å². The summed E-state index contributed by atoms with van der Waals surface area (Å²) in [6.45, 7) is 2.36. The minimum Gasteiger partial charge on any atom is -0.479 e. The SMILES string of the molecule is CC1(CNC(=O)NC[C@H](O)C(=O)O)CCCS1. The Morgan fingerprint density at radius 2 is 2.18 bits per heavy atom. The Hall–Kier alpha value is -0.950. The molecule has 0 radical (unpaired) electrons. The van der Waals surface area contributed by atoms with E-state index in [1.165, 1.54) is 0 Å². The molecule has 0 aromatic carbocycles. The van der Waals surface area contributed by atoms with Crippen LogP contribution < -0.4 is 10.6 Å². The maximum Gasteiger partial charge on any atom is 0.334 e. The van der Waals surface area contributed by atoms with E-state index in [1.54, 1.807) is 0 Å². The number of aliphatic hydroxyl groups is 1. The Morgan fingerprint density at radius 1 is 1.47 bits per heavy atom. The zero-order chi connectivity index (χ0) is 12.9. The summed E-state index contributed by atoms with van der Waals surface area (Å²) in [5, 5.41) is 22.4. The largest absolute Gasteiger partial charge is 0.479 e. The van der Waals surface area contributed by atoms with E-state index in [2.05, 4.69) is 17.6 Å². The molecule has 1 rings (SSSR count). The number of thioether (sulfide) groups is 1. The summed E-state index contributed by atoms with van der Waals surface area (Å²) in [7, 11) is 0. The summed E-state index contributed by atoms with van der Waals surface area (Å²) < 4.78 is 0.0722. The van der Waals surface area contributed by atoms with Crippen LogP contribution in [0.4, 0.5) is 4.79 Å². The van der Waals surface area contributed by atoms with Crippen molar-refractivity contribution in [2.24, 2.45) is 0 Å². The van der Waals surface area contributed by atoms with Gasteiger partial charge in [-0.25, -0.2) is 9.59 Å². The fourth-order valence-electron chi connectivity index (χ4n) is 1.58. The zero-order valence-corrected chi connectivity index (χ0v) is 10.5. The Morgan fingerprint density at radius 3 is 2.71 bits per heavy atom. The average molecular weight is 262 g/mol. The van der Waals surface area contributed by atoms with Crippen molar-refractivity contribution >= 4 is 23.8 Å². The molecule has 1 fully saturated rings. The third kappa shape index (κ3) is 4.82. The highest BCUT2D eigenvalue weighted by Gasteiger charge is 2.29. The van der Waals surface area contributed by atoms with Gasteiger partial charge in [-0.05, 0) is 25.5 Å². The Bertz CT molecular complexity index is 292. The predicted molar refractivity (Wildman–Crippen MR) is 65.1 cm³/mol. The summed E-state index contributed by atoms with van der Waals surface area (Å²) in [5.41, 5.74) is 0. The molecular formula is C10H18N2O4S. The number of rotatable bonds is 5. The van der Waals surface area contributed by atoms with Crippen LogP contribution in [0.5, 0.6) is 0 Å². The number of nitrogens with one attached hydrogen (secondary N) is 2. The molecule has 0 saturated carbocycles. The second-order valence-electron chi connectivity index (χ2n) is 4.32. The lowest BCUT2D eigenvalue weighted by Crippen LogP contribution is -2.45. The van der Waals surface area contributed by atoms with Crippen molar-refractivity contribution in [1.29, 1.82) is 0 Å². The number of carbonyl (C=O) groups is 2. The van der Waals surface area contributed by atoms with Gasteiger partial charge in [0.25, 0.3) is 0 Å². The minimum absolute atomic E-state index is 0.0722. The highest BCUT2D eigenvalue weighted by Crippen LogP contribution is 2.36. The summed E-state index contributed by atoms with van der Waals surface area (Å²) in [6.07, 6.45) is 0.662. The van der Waals surface area contributed by atoms with Crippen LogP contribution in [0.25, 0.3) is 0 Å². The number of carboxylic acid groups (broad SMARTS) is 1. The number of hydrogen-bond acceptors (Lipinski definition) is 4. The normalized spacial score (nSPS) is 25.3. The first-order chi connectivity index (χ1) is 7.93. The highest BCUT2D eigenvalue weighted by atomic mass is 32.2. The van der Waals surface area contributed by atoms with Crippen molar-refractivity contribution in [2.75, 3.05) is 18.8 Å². The third-order valence-electron chi connectivity index (χ3n) is 2.66. The van der Waals surface area contributed by atoms with Crippen molar-refractivity contribution in [2.45, 2.75) is 30.6 Å². The van der Waals surface area contributed by atoms with Crippen LogP contribution in [-0.2, 0) is 4.79 Å². The fraction of sp³-hybridized carbons (Fsp3) is 0.800. The number of amides is 2. The van der Waals surface area contributed by atoms with E-state index in [4.69, 9.17) is 10.2 Å². The van der Waals surface area contributed by atoms with Crippen LogP contribution >= 0.6 is 11.8 Å². The molecule has 2 amide bonds. The number of carboxylic acids is 1. The summed E-state index contributed by atoms with van der Waals surface area (Å²) in [4.78, 5) is 21.6. The van der Waals surface area contributed by atoms with Crippen molar-refractivity contribution in [3.8, 4) is 0 Å². The van der Waals surface area contributed by atoms with E-state index in [0.29, 0.717) is 6.54 Å². The molecule has 6 nitrogen and oxygen atoms in total. The second kappa shape index (κ2) is 6.11. The maximum absolute atomic E-state index is 11.3. The third-order valence-corrected chi connectivity index (χ3v) is 4.20. The van der Waals surface area contributed by atoms with E-state index in [9.17, 15) is 9.59 Å². The van der Waals surface area contributed by atoms with Crippen LogP contribution in [0.1, 0.15) is 19.8 Å². The molecule has 7 heteroatoms. The topological polar surface area (TPSA) is 98.7 Å². The molecule has 1 aliphatic heterocycles. The van der Waals surface area contributed by atoms with Gasteiger partial charge in [0.1, 0.15) is 0 Å². The van der Waals surface area contributed by atoms with Gasteiger partial charge in [0.05, 0.1) is 6.54 Å². The molecule has 17 heavy (non-hydrogen) atoms. The lowest BCUT2D eigenvalue weighted by Gasteiger charge is -2.23. The second-order valence-corrected chi connectivity index (χ2v) is 6.00. The number of aliphatic carboxylic acids is 1. The standard InChI is InChI=1S/C10H18N2O4S/c1-10(3-2-4-17-10)6-12-9(16)11-5-7(13)8(14)15/h7,13H,2-6H2,1H3,(H,14,15)(H2,11,12,16)/t7-,10?/m0/s1. The molecule has 4 N–H and O–H groups in total. The fourth-order valence-corrected chi connectivity index (χ4v) is 2.83. The van der Waals surface area contributed by atoms with Gasteiger partial charge in [-0.15, -0.1) is 0 Å². The van der Waals surface area contributed by atoms with E-state index in [-0.39, 0.29) is 11.3 Å². The lowest BCUT2D eigenvalue weighted by molar-refractivity contribution is -0.146. The summed E-state index contributed by atoms with van der Waals surface area (Å²) in [5.74, 6) is -0.235. The number of aliphatic hydroxyl groups excluding tert-OH is 1. The van der Waals surface area contributed by atoms with Crippen LogP contribution in [0.2, 0.25) is 0 Å². The van der Waals surface area contributed by atoms with E-state index < -0.39 is 18.1 Å². The summed E-state index contributed by atoms with van der Waals surface area (Å²) >= 11 is 1.83. The van der Waals surface area contributed by atoms with E-state index in [0.717, 1.165) is 18.6 Å². The molecule has 2 atom stereocenters. The first kappa shape index (κ1) is 14.1. The molecule has 98 valence electrons. The number of hydrogen-bond donors (Lipinski definition) is 4. The molecule has 1 aliphatic rings. The van der Waals surface area contributed by atoms with Crippen molar-refractivity contribution < 1.29 is 19.8 Å². The Balaban J connectivity index is 2.19. The van der Waals surface area contributed by atoms with E-state index >= 15 is 0 Å². The lowest BCUT2D eigenvalue weighted by atomic mass is 10.1. The highest BCUT2D eigenvalue weighted by molar-refractivity contribution is 8.00. The van der Waals surface area contributed by atoms with Gasteiger partial charge in [0.15, 0.2) is 6.10 Å². The van der Waals surface area contributed by atoms with Crippen LogP contribution in [0.3, 0.4) is 0 Å². The smallest absolute Gasteiger partial charge is 0.334 e. The predicted octanol–water partition coefficient (Wildman–Crippen LogP) is 0.0168. The molecule has 0 bridgehead atoms. The minimum atomic E-state index is -1.56. The van der Waals surface area contributed by atoms with Gasteiger partial charge in [0.2, 0.25) is 0 Å². The van der Waals surface area contributed by atoms with Gasteiger partial charge < -0.3 is 20.8 Å². The Kier molecular flexibility index (Phi) is 5.07. The maximum atomic E-state index is 11.3. The first-order valence-corrected chi connectivity index (χ1v) is 6.48. The molecule has 0 aromatic heterocycles. The molecule has 0 spiro atoms. The van der Waals surface area contributed by atoms with Gasteiger partial charge in [-0.2, -0.15) is 11.8 Å². The monoisotopic (exact) mass is 262 g/mol. The molecule has 0 aromatic rings. The summed E-state index contributed by atoms with van der Waals surface area (Å²) in [6, 6.07) is -0.445. The van der Waals surface area contributed by atoms with Gasteiger partial charge in [-0.1, -0.05) is 0 Å². The molecule has 1 heterocycles. The molecule has 1 unspecified atom stereocenters. The van der Waals surface area contributed by atoms with Crippen LogP contribution in [0.15, 0.2) is 0 Å². The quantitative estimate of drug-likeness (QED) is 0.560. The average Bonchev–Trinajstić information content (AvgIpc) is 2.70. The Labute approximate surface area is 104 Å². The van der Waals surface area contributed by atoms with Crippen LogP contribution in [-0.4, -0.2) is 51.9 Å². The van der Waals surface area contributed by atoms with Crippen molar-refractivity contribution in [3.05, 3.63) is 0 Å². The first-order valence-electron chi connectivity index (χ1n) is 5.49. The van der Waals surface area contributed by atoms with Crippen molar-refractivity contribution in [1.82, 2.24) is 10.6 Å². The molecular weight excluding hydrogens is 244 g/mol. The van der Waals surface area contributed by atoms with E-state index in [1.807, 2.05) is 11.8 Å². The molecule has 1 saturated heterocycles. The molecule has 0 aliphatic carbocycles.